The minimum absolute atomic E-state index is 0.0987. The average Bonchev–Trinajstić information content (AvgIpc) is 3.17. The highest BCUT2D eigenvalue weighted by Gasteiger charge is 2.38. The molecular weight excluding hydrogens is 304 g/mol. The molecular formula is C18H22N4O2. The molecule has 0 saturated carbocycles. The zero-order chi connectivity index (χ0) is 16.4. The third-order valence-corrected chi connectivity index (χ3v) is 4.94. The lowest BCUT2D eigenvalue weighted by Gasteiger charge is -2.47. The number of ether oxygens (including phenoxy) is 1. The summed E-state index contributed by atoms with van der Waals surface area (Å²) in [5.41, 5.74) is 1.93. The topological polar surface area (TPSA) is 61.5 Å². The Balaban J connectivity index is 1.48. The van der Waals surface area contributed by atoms with Gasteiger partial charge in [-0.15, -0.1) is 0 Å². The van der Waals surface area contributed by atoms with E-state index in [4.69, 9.17) is 4.74 Å². The number of likely N-dealkylation sites (tertiary alicyclic amines) is 1. The Morgan fingerprint density at radius 2 is 2.33 bits per heavy atom. The number of hydrogen-bond donors (Lipinski definition) is 1. The summed E-state index contributed by atoms with van der Waals surface area (Å²) in [5, 5.41) is 0. The molecule has 6 nitrogen and oxygen atoms in total. The maximum atomic E-state index is 12.6. The van der Waals surface area contributed by atoms with Crippen molar-refractivity contribution < 1.29 is 9.53 Å². The van der Waals surface area contributed by atoms with Gasteiger partial charge in [0.15, 0.2) is 0 Å². The van der Waals surface area contributed by atoms with Crippen LogP contribution in [-0.2, 0) is 11.3 Å². The molecule has 4 rings (SSSR count). The summed E-state index contributed by atoms with van der Waals surface area (Å²) >= 11 is 0. The van der Waals surface area contributed by atoms with Crippen molar-refractivity contribution in [2.75, 3.05) is 26.2 Å². The van der Waals surface area contributed by atoms with Gasteiger partial charge in [0.25, 0.3) is 5.91 Å². The van der Waals surface area contributed by atoms with Crippen LogP contribution >= 0.6 is 0 Å². The number of carbonyl (C=O) groups excluding carboxylic acids is 1. The molecule has 1 amide bonds. The van der Waals surface area contributed by atoms with E-state index in [1.165, 1.54) is 5.56 Å². The molecule has 2 aromatic rings. The number of nitrogens with zero attached hydrogens (tertiary/aromatic N) is 3. The van der Waals surface area contributed by atoms with Crippen LogP contribution in [0.25, 0.3) is 0 Å². The first-order chi connectivity index (χ1) is 11.8. The van der Waals surface area contributed by atoms with Crippen LogP contribution in [0.15, 0.2) is 43.0 Å². The van der Waals surface area contributed by atoms with Crippen molar-refractivity contribution in [2.24, 2.45) is 0 Å². The largest absolute Gasteiger partial charge is 0.375 e. The Morgan fingerprint density at radius 1 is 1.38 bits per heavy atom. The van der Waals surface area contributed by atoms with Crippen LogP contribution in [0.4, 0.5) is 0 Å². The number of aromatic nitrogens is 2. The Hall–Kier alpha value is -2.18. The predicted molar refractivity (Wildman–Crippen MR) is 89.5 cm³/mol. The van der Waals surface area contributed by atoms with Gasteiger partial charge in [-0.05, 0) is 24.1 Å². The molecule has 2 fully saturated rings. The second kappa shape index (κ2) is 6.75. The van der Waals surface area contributed by atoms with E-state index in [0.717, 1.165) is 44.8 Å². The van der Waals surface area contributed by atoms with Crippen LogP contribution < -0.4 is 0 Å². The van der Waals surface area contributed by atoms with Crippen molar-refractivity contribution in [3.05, 3.63) is 54.1 Å². The monoisotopic (exact) mass is 326 g/mol. The predicted octanol–water partition coefficient (Wildman–Crippen LogP) is 1.53. The standard InChI is InChI=1S/C18H22N4O2/c23-18(15-3-6-20-11-15)22-7-4-17-16(13-22)21(8-9-24-17)12-14-2-1-5-19-10-14/h1-3,5-6,10-11,16-17,20H,4,7-9,12-13H2/t16-,17-/m0/s1. The van der Waals surface area contributed by atoms with E-state index in [2.05, 4.69) is 20.9 Å². The van der Waals surface area contributed by atoms with Crippen molar-refractivity contribution in [1.82, 2.24) is 19.8 Å². The van der Waals surface area contributed by atoms with Crippen molar-refractivity contribution in [3.8, 4) is 0 Å². The molecule has 4 heterocycles. The highest BCUT2D eigenvalue weighted by Crippen LogP contribution is 2.25. The molecule has 6 heteroatoms. The fourth-order valence-electron chi connectivity index (χ4n) is 3.69. The van der Waals surface area contributed by atoms with Crippen LogP contribution in [0, 0.1) is 0 Å². The fourth-order valence-corrected chi connectivity index (χ4v) is 3.69. The van der Waals surface area contributed by atoms with Gasteiger partial charge in [-0.25, -0.2) is 0 Å². The number of piperidine rings is 1. The first kappa shape index (κ1) is 15.4. The highest BCUT2D eigenvalue weighted by atomic mass is 16.5. The first-order valence-corrected chi connectivity index (χ1v) is 8.48. The van der Waals surface area contributed by atoms with Gasteiger partial charge in [0.1, 0.15) is 0 Å². The lowest BCUT2D eigenvalue weighted by atomic mass is 9.97. The molecule has 2 aliphatic rings. The van der Waals surface area contributed by atoms with Crippen molar-refractivity contribution >= 4 is 5.91 Å². The average molecular weight is 326 g/mol. The van der Waals surface area contributed by atoms with Crippen LogP contribution in [0.2, 0.25) is 0 Å². The summed E-state index contributed by atoms with van der Waals surface area (Å²) in [6.07, 6.45) is 8.37. The van der Waals surface area contributed by atoms with Gasteiger partial charge in [-0.1, -0.05) is 6.07 Å². The summed E-state index contributed by atoms with van der Waals surface area (Å²) in [7, 11) is 0. The number of rotatable bonds is 3. The van der Waals surface area contributed by atoms with E-state index in [9.17, 15) is 4.79 Å². The van der Waals surface area contributed by atoms with Crippen LogP contribution in [0.1, 0.15) is 22.3 Å². The van der Waals surface area contributed by atoms with Gasteiger partial charge in [-0.3, -0.25) is 14.7 Å². The number of carbonyl (C=O) groups is 1. The molecule has 2 aliphatic heterocycles. The van der Waals surface area contributed by atoms with Crippen LogP contribution in [0.3, 0.4) is 0 Å². The molecule has 0 aliphatic carbocycles. The second-order valence-corrected chi connectivity index (χ2v) is 6.45. The quantitative estimate of drug-likeness (QED) is 0.929. The second-order valence-electron chi connectivity index (χ2n) is 6.45. The molecule has 2 aromatic heterocycles. The summed E-state index contributed by atoms with van der Waals surface area (Å²) in [6, 6.07) is 6.15. The number of nitrogens with one attached hydrogen (secondary N) is 1. The van der Waals surface area contributed by atoms with Crippen LogP contribution in [0.5, 0.6) is 0 Å². The summed E-state index contributed by atoms with van der Waals surface area (Å²) < 4.78 is 5.97. The molecule has 0 spiro atoms. The van der Waals surface area contributed by atoms with Crippen molar-refractivity contribution in [2.45, 2.75) is 25.1 Å². The summed E-state index contributed by atoms with van der Waals surface area (Å²) in [5.74, 6) is 0.0987. The van der Waals surface area contributed by atoms with E-state index in [0.29, 0.717) is 0 Å². The summed E-state index contributed by atoms with van der Waals surface area (Å²) in [4.78, 5) is 24.2. The van der Waals surface area contributed by atoms with E-state index in [-0.39, 0.29) is 18.1 Å². The summed E-state index contributed by atoms with van der Waals surface area (Å²) in [6.45, 7) is 3.97. The Labute approximate surface area is 141 Å². The van der Waals surface area contributed by atoms with E-state index in [1.807, 2.05) is 23.2 Å². The third-order valence-electron chi connectivity index (χ3n) is 4.94. The van der Waals surface area contributed by atoms with Gasteiger partial charge in [-0.2, -0.15) is 0 Å². The minimum Gasteiger partial charge on any atom is -0.375 e. The molecule has 0 aromatic carbocycles. The zero-order valence-electron chi connectivity index (χ0n) is 13.6. The molecule has 0 unspecified atom stereocenters. The van der Waals surface area contributed by atoms with E-state index < -0.39 is 0 Å². The molecule has 2 atom stereocenters. The molecule has 1 N–H and O–H groups in total. The van der Waals surface area contributed by atoms with Gasteiger partial charge < -0.3 is 14.6 Å². The molecule has 24 heavy (non-hydrogen) atoms. The van der Waals surface area contributed by atoms with Crippen molar-refractivity contribution in [1.29, 1.82) is 0 Å². The van der Waals surface area contributed by atoms with Gasteiger partial charge >= 0.3 is 0 Å². The maximum absolute atomic E-state index is 12.6. The number of H-pyrrole nitrogens is 1. The number of amides is 1. The van der Waals surface area contributed by atoms with E-state index in [1.54, 1.807) is 18.6 Å². The number of aromatic amines is 1. The van der Waals surface area contributed by atoms with Gasteiger partial charge in [0.05, 0.1) is 24.3 Å². The van der Waals surface area contributed by atoms with Crippen molar-refractivity contribution in [3.63, 3.8) is 0 Å². The highest BCUT2D eigenvalue weighted by molar-refractivity contribution is 5.94. The molecule has 0 radical (unpaired) electrons. The lowest BCUT2D eigenvalue weighted by molar-refractivity contribution is -0.101. The number of fused-ring (bicyclic) bond motifs is 1. The molecule has 0 bridgehead atoms. The van der Waals surface area contributed by atoms with Gasteiger partial charge in [0.2, 0.25) is 0 Å². The first-order valence-electron chi connectivity index (χ1n) is 8.48. The lowest BCUT2D eigenvalue weighted by Crippen LogP contribution is -2.60. The molecule has 2 saturated heterocycles. The third kappa shape index (κ3) is 3.07. The normalized spacial score (nSPS) is 24.6. The van der Waals surface area contributed by atoms with Crippen LogP contribution in [-0.4, -0.2) is 64.1 Å². The number of hydrogen-bond acceptors (Lipinski definition) is 4. The molecule has 126 valence electrons. The zero-order valence-corrected chi connectivity index (χ0v) is 13.6. The number of pyridine rings is 1. The fraction of sp³-hybridized carbons (Fsp3) is 0.444. The Morgan fingerprint density at radius 3 is 3.12 bits per heavy atom. The Kier molecular flexibility index (Phi) is 4.32. The SMILES string of the molecule is O=C(c1cc[nH]c1)N1CC[C@@H]2OCCN(Cc3cccnc3)[C@H]2C1. The van der Waals surface area contributed by atoms with Gasteiger partial charge in [0, 0.05) is 51.0 Å². The smallest absolute Gasteiger partial charge is 0.255 e. The maximum Gasteiger partial charge on any atom is 0.255 e. The minimum atomic E-state index is 0.0987. The number of morpholine rings is 1. The van der Waals surface area contributed by atoms with E-state index >= 15 is 0 Å². The Bertz CT molecular complexity index is 674.